The summed E-state index contributed by atoms with van der Waals surface area (Å²) in [5, 5.41) is 18.9. The number of halogens is 1. The maximum absolute atomic E-state index is 14.3. The summed E-state index contributed by atoms with van der Waals surface area (Å²) in [7, 11) is 0. The summed E-state index contributed by atoms with van der Waals surface area (Å²) in [6, 6.07) is 18.3. The zero-order valence-electron chi connectivity index (χ0n) is 30.5. The van der Waals surface area contributed by atoms with E-state index in [1.807, 2.05) is 12.1 Å². The highest BCUT2D eigenvalue weighted by Gasteiger charge is 2.26. The van der Waals surface area contributed by atoms with Crippen molar-refractivity contribution in [2.75, 3.05) is 60.1 Å². The van der Waals surface area contributed by atoms with Crippen LogP contribution in [0.2, 0.25) is 0 Å². The van der Waals surface area contributed by atoms with E-state index in [4.69, 9.17) is 4.74 Å². The summed E-state index contributed by atoms with van der Waals surface area (Å²) < 4.78 is 22.0. The second-order valence-electron chi connectivity index (χ2n) is 14.0. The molecule has 0 spiro atoms. The molecule has 5 heterocycles. The van der Waals surface area contributed by atoms with Crippen LogP contribution < -0.4 is 36.2 Å². The number of carbonyl (C=O) groups is 4. The molecular weight excluding hydrogens is 720 g/mol. The number of rotatable bonds is 9. The van der Waals surface area contributed by atoms with Gasteiger partial charge in [-0.15, -0.1) is 0 Å². The number of imide groups is 1. The van der Waals surface area contributed by atoms with Crippen molar-refractivity contribution in [1.29, 1.82) is 0 Å². The first kappa shape index (κ1) is 36.4. The number of amides is 4. The largest absolute Gasteiger partial charge is 0.455 e. The van der Waals surface area contributed by atoms with Gasteiger partial charge in [-0.05, 0) is 92.5 Å². The minimum Gasteiger partial charge on any atom is -0.455 e. The average Bonchev–Trinajstić information content (AvgIpc) is 3.63. The molecular formula is C40H41FN10O5. The predicted octanol–water partition coefficient (Wildman–Crippen LogP) is 4.39. The molecule has 3 aromatic carbocycles. The lowest BCUT2D eigenvalue weighted by molar-refractivity contribution is -0.133. The fraction of sp³-hybridized carbons (Fsp3) is 0.300. The first-order valence-corrected chi connectivity index (χ1v) is 18.7. The summed E-state index contributed by atoms with van der Waals surface area (Å²) in [6.07, 6.45) is 5.63. The molecule has 56 heavy (non-hydrogen) atoms. The van der Waals surface area contributed by atoms with E-state index in [1.165, 1.54) is 28.9 Å². The zero-order valence-corrected chi connectivity index (χ0v) is 30.5. The molecule has 1 unspecified atom stereocenters. The molecule has 0 saturated carbocycles. The third-order valence-electron chi connectivity index (χ3n) is 10.2. The van der Waals surface area contributed by atoms with Crippen LogP contribution in [0.15, 0.2) is 79.1 Å². The summed E-state index contributed by atoms with van der Waals surface area (Å²) in [5.74, 6) is -0.572. The molecule has 288 valence electrons. The van der Waals surface area contributed by atoms with Gasteiger partial charge in [0.15, 0.2) is 11.4 Å². The molecule has 2 fully saturated rings. The normalized spacial score (nSPS) is 17.3. The Morgan fingerprint density at radius 3 is 2.57 bits per heavy atom. The van der Waals surface area contributed by atoms with Gasteiger partial charge < -0.3 is 30.9 Å². The van der Waals surface area contributed by atoms with Gasteiger partial charge in [0.25, 0.3) is 11.8 Å². The van der Waals surface area contributed by atoms with Crippen molar-refractivity contribution in [2.24, 2.45) is 0 Å². The van der Waals surface area contributed by atoms with Crippen molar-refractivity contribution >= 4 is 52.2 Å². The monoisotopic (exact) mass is 760 g/mol. The number of anilines is 4. The van der Waals surface area contributed by atoms with Crippen molar-refractivity contribution in [1.82, 2.24) is 30.1 Å². The van der Waals surface area contributed by atoms with E-state index in [0.29, 0.717) is 47.7 Å². The van der Waals surface area contributed by atoms with Crippen LogP contribution >= 0.6 is 0 Å². The topological polar surface area (TPSA) is 174 Å². The highest BCUT2D eigenvalue weighted by molar-refractivity contribution is 6.09. The van der Waals surface area contributed by atoms with E-state index in [0.717, 1.165) is 56.9 Å². The quantitative estimate of drug-likeness (QED) is 0.107. The third-order valence-corrected chi connectivity index (χ3v) is 10.2. The van der Waals surface area contributed by atoms with Crippen LogP contribution in [0.25, 0.3) is 5.65 Å². The van der Waals surface area contributed by atoms with Gasteiger partial charge in [-0.1, -0.05) is 0 Å². The maximum atomic E-state index is 14.3. The lowest BCUT2D eigenvalue weighted by Crippen LogP contribution is -2.47. The number of aromatic nitrogens is 3. The number of carbonyl (C=O) groups excluding carboxylic acids is 4. The van der Waals surface area contributed by atoms with Crippen LogP contribution in [0.3, 0.4) is 0 Å². The fourth-order valence-electron chi connectivity index (χ4n) is 7.06. The van der Waals surface area contributed by atoms with E-state index in [-0.39, 0.29) is 41.3 Å². The van der Waals surface area contributed by atoms with Crippen LogP contribution in [-0.2, 0) is 16.1 Å². The van der Waals surface area contributed by atoms with E-state index in [1.54, 1.807) is 30.5 Å². The standard InChI is InChI=1S/C40H41FN10O5/c41-27-4-11-33-26(21-27)23-43-35-13-16-51-37(47-35)30(24-44-51)39(54)46-32-22-25(3-10-34(32)56-33)38(53)42-14-1-2-15-49-17-19-50(20-18-49)29-7-5-28(6-8-29)45-31-9-12-36(52)48-40(31)55/h3-8,10-11,13,16,21-22,24,31,45H,1-2,9,12,14-15,17-20,23H2,(H,42,53)(H,43,47)(H,46,54)(H,48,52,55). The number of ether oxygens (including phenoxy) is 1. The Morgan fingerprint density at radius 2 is 1.75 bits per heavy atom. The summed E-state index contributed by atoms with van der Waals surface area (Å²) >= 11 is 0. The number of nitrogens with zero attached hydrogens (tertiary/aromatic N) is 5. The second-order valence-corrected chi connectivity index (χ2v) is 14.0. The Kier molecular flexibility index (Phi) is 10.4. The minimum absolute atomic E-state index is 0.205. The molecule has 1 atom stereocenters. The Labute approximate surface area is 321 Å². The van der Waals surface area contributed by atoms with Gasteiger partial charge in [0.1, 0.15) is 29.0 Å². The number of unbranched alkanes of at least 4 members (excludes halogenated alkanes) is 1. The number of benzene rings is 3. The number of piperidine rings is 1. The molecule has 4 amide bonds. The molecule has 2 saturated heterocycles. The highest BCUT2D eigenvalue weighted by Crippen LogP contribution is 2.34. The number of fused-ring (bicyclic) bond motifs is 3. The molecule has 8 rings (SSSR count). The number of hydrogen-bond donors (Lipinski definition) is 5. The first-order chi connectivity index (χ1) is 27.3. The van der Waals surface area contributed by atoms with Crippen molar-refractivity contribution in [3.63, 3.8) is 0 Å². The van der Waals surface area contributed by atoms with Crippen molar-refractivity contribution < 1.29 is 28.3 Å². The SMILES string of the molecule is O=C1CCC(Nc2ccc(N3CCN(CCCCNC(=O)c4ccc5c(c4)NC(=O)c4cnn6ccc(nc46)NCc4cc(F)ccc4O5)CC3)cc2)C(=O)N1. The molecule has 0 radical (unpaired) electrons. The van der Waals surface area contributed by atoms with Crippen molar-refractivity contribution in [3.05, 3.63) is 102 Å². The third kappa shape index (κ3) is 8.24. The maximum Gasteiger partial charge on any atom is 0.261 e. The van der Waals surface area contributed by atoms with Crippen molar-refractivity contribution in [3.8, 4) is 11.5 Å². The smallest absolute Gasteiger partial charge is 0.261 e. The first-order valence-electron chi connectivity index (χ1n) is 18.7. The fourth-order valence-corrected chi connectivity index (χ4v) is 7.06. The van der Waals surface area contributed by atoms with E-state index >= 15 is 0 Å². The Morgan fingerprint density at radius 1 is 0.929 bits per heavy atom. The molecule has 5 N–H and O–H groups in total. The number of hydrogen-bond acceptors (Lipinski definition) is 11. The van der Waals surface area contributed by atoms with Crippen LogP contribution in [0.1, 0.15) is 52.0 Å². The number of nitrogens with one attached hydrogen (secondary N) is 5. The molecule has 15 nitrogen and oxygen atoms in total. The van der Waals surface area contributed by atoms with Gasteiger partial charge in [0.05, 0.1) is 11.9 Å². The minimum atomic E-state index is -0.483. The summed E-state index contributed by atoms with van der Waals surface area (Å²) in [6.45, 7) is 5.24. The molecule has 2 bridgehead atoms. The van der Waals surface area contributed by atoms with Gasteiger partial charge in [-0.2, -0.15) is 5.10 Å². The van der Waals surface area contributed by atoms with E-state index < -0.39 is 17.8 Å². The predicted molar refractivity (Wildman–Crippen MR) is 208 cm³/mol. The van der Waals surface area contributed by atoms with Crippen LogP contribution in [0, 0.1) is 5.82 Å². The Hall–Kier alpha value is -6.55. The highest BCUT2D eigenvalue weighted by atomic mass is 19.1. The zero-order chi connectivity index (χ0) is 38.6. The van der Waals surface area contributed by atoms with Crippen molar-refractivity contribution in [2.45, 2.75) is 38.3 Å². The summed E-state index contributed by atoms with van der Waals surface area (Å²) in [5.41, 5.74) is 3.67. The van der Waals surface area contributed by atoms with Crippen LogP contribution in [0.4, 0.5) is 27.3 Å². The Balaban J connectivity index is 0.836. The molecule has 2 aromatic heterocycles. The lowest BCUT2D eigenvalue weighted by atomic mass is 10.1. The van der Waals surface area contributed by atoms with Gasteiger partial charge in [-0.3, -0.25) is 29.4 Å². The van der Waals surface area contributed by atoms with E-state index in [2.05, 4.69) is 58.6 Å². The van der Waals surface area contributed by atoms with Gasteiger partial charge >= 0.3 is 0 Å². The molecule has 0 aliphatic carbocycles. The molecule has 5 aromatic rings. The van der Waals surface area contributed by atoms with Gasteiger partial charge in [0.2, 0.25) is 11.8 Å². The van der Waals surface area contributed by atoms with Crippen LogP contribution in [-0.4, -0.2) is 88.4 Å². The van der Waals surface area contributed by atoms with E-state index in [9.17, 15) is 23.6 Å². The molecule has 3 aliphatic heterocycles. The number of piperazine rings is 1. The average molecular weight is 761 g/mol. The molecule has 16 heteroatoms. The van der Waals surface area contributed by atoms with Gasteiger partial charge in [0, 0.05) is 74.4 Å². The lowest BCUT2D eigenvalue weighted by Gasteiger charge is -2.36. The summed E-state index contributed by atoms with van der Waals surface area (Å²) in [4.78, 5) is 59.6. The molecule has 3 aliphatic rings. The van der Waals surface area contributed by atoms with Gasteiger partial charge in [-0.25, -0.2) is 13.9 Å². The Bertz CT molecular complexity index is 2290. The van der Waals surface area contributed by atoms with Crippen LogP contribution in [0.5, 0.6) is 11.5 Å². The second kappa shape index (κ2) is 16.0.